The van der Waals surface area contributed by atoms with Gasteiger partial charge in [0.05, 0.1) is 12.3 Å². The summed E-state index contributed by atoms with van der Waals surface area (Å²) in [6.45, 7) is 2.53. The van der Waals surface area contributed by atoms with Gasteiger partial charge in [0.2, 0.25) is 0 Å². The molecule has 0 spiro atoms. The van der Waals surface area contributed by atoms with E-state index in [4.69, 9.17) is 9.84 Å². The molecular formula is C18H18N2O5. The number of rotatable bonds is 2. The lowest BCUT2D eigenvalue weighted by atomic mass is 10.0. The maximum Gasteiger partial charge on any atom is 0.511 e. The third-order valence-corrected chi connectivity index (χ3v) is 4.62. The average Bonchev–Trinajstić information content (AvgIpc) is 3.06. The normalized spacial score (nSPS) is 15.8. The van der Waals surface area contributed by atoms with Crippen LogP contribution in [-0.4, -0.2) is 35.9 Å². The van der Waals surface area contributed by atoms with Gasteiger partial charge in [-0.15, -0.1) is 0 Å². The van der Waals surface area contributed by atoms with Crippen LogP contribution >= 0.6 is 0 Å². The van der Waals surface area contributed by atoms with Crippen LogP contribution in [0.2, 0.25) is 0 Å². The van der Waals surface area contributed by atoms with Gasteiger partial charge in [0.1, 0.15) is 5.75 Å². The first-order valence-corrected chi connectivity index (χ1v) is 8.31. The van der Waals surface area contributed by atoms with Gasteiger partial charge in [-0.25, -0.2) is 4.79 Å². The van der Waals surface area contributed by atoms with Crippen LogP contribution in [0.4, 0.5) is 10.5 Å². The first kappa shape index (κ1) is 15.6. The Labute approximate surface area is 143 Å². The molecule has 1 fully saturated rings. The number of benzene rings is 1. The lowest BCUT2D eigenvalue weighted by Crippen LogP contribution is -2.17. The Balaban J connectivity index is 1.77. The lowest BCUT2D eigenvalue weighted by molar-refractivity contribution is 0.143. The molecule has 2 aliphatic rings. The summed E-state index contributed by atoms with van der Waals surface area (Å²) < 4.78 is 10.4. The minimum atomic E-state index is -1.51. The minimum absolute atomic E-state index is 0.219. The number of fused-ring (bicyclic) bond motifs is 3. The summed E-state index contributed by atoms with van der Waals surface area (Å²) in [6, 6.07) is 7.47. The zero-order valence-electron chi connectivity index (χ0n) is 13.6. The van der Waals surface area contributed by atoms with Crippen LogP contribution in [0, 0.1) is 0 Å². The number of carbonyl (C=O) groups is 1. The van der Waals surface area contributed by atoms with Crippen LogP contribution in [-0.2, 0) is 6.42 Å². The van der Waals surface area contributed by atoms with Crippen molar-refractivity contribution in [3.8, 4) is 22.8 Å². The van der Waals surface area contributed by atoms with E-state index in [0.29, 0.717) is 18.7 Å². The number of anilines is 1. The maximum atomic E-state index is 12.1. The third-order valence-electron chi connectivity index (χ3n) is 4.62. The first-order chi connectivity index (χ1) is 12.1. The second-order valence-electron chi connectivity index (χ2n) is 6.20. The van der Waals surface area contributed by atoms with Gasteiger partial charge in [-0.2, -0.15) is 0 Å². The molecule has 0 bridgehead atoms. The Morgan fingerprint density at radius 2 is 2.04 bits per heavy atom. The first-order valence-electron chi connectivity index (χ1n) is 8.31. The Bertz CT molecular complexity index is 884. The van der Waals surface area contributed by atoms with Gasteiger partial charge in [-0.05, 0) is 36.6 Å². The molecule has 1 aromatic heterocycles. The van der Waals surface area contributed by atoms with Gasteiger partial charge in [0, 0.05) is 36.8 Å². The molecule has 2 aliphatic heterocycles. The molecule has 1 aromatic carbocycles. The standard InChI is InChI=1S/C18H18N2O5/c21-17-15(25-18(22)23)9-11-5-8-24-14-10-12(20-6-1-2-7-20)3-4-13(14)16(11)19-17/h3-4,9-10H,1-2,5-8H2,(H,19,21)(H,22,23). The van der Waals surface area contributed by atoms with Gasteiger partial charge in [0.15, 0.2) is 5.75 Å². The highest BCUT2D eigenvalue weighted by Gasteiger charge is 2.21. The zero-order valence-corrected chi connectivity index (χ0v) is 13.6. The van der Waals surface area contributed by atoms with E-state index in [2.05, 4.69) is 14.6 Å². The Morgan fingerprint density at radius 1 is 1.24 bits per heavy atom. The Hall–Kier alpha value is -2.96. The molecule has 4 rings (SSSR count). The second kappa shape index (κ2) is 6.16. The number of H-pyrrole nitrogens is 1. The SMILES string of the molecule is O=C(O)Oc1cc2c([nH]c1=O)-c1ccc(N3CCCC3)cc1OCC2. The Kier molecular flexibility index (Phi) is 3.83. The van der Waals surface area contributed by atoms with Gasteiger partial charge < -0.3 is 24.5 Å². The van der Waals surface area contributed by atoms with Crippen molar-refractivity contribution < 1.29 is 19.4 Å². The smallest absolute Gasteiger partial charge is 0.492 e. The molecule has 0 aliphatic carbocycles. The van der Waals surface area contributed by atoms with E-state index < -0.39 is 11.7 Å². The molecule has 0 atom stereocenters. The van der Waals surface area contributed by atoms with Crippen LogP contribution < -0.4 is 19.9 Å². The van der Waals surface area contributed by atoms with Gasteiger partial charge in [-0.1, -0.05) is 0 Å². The van der Waals surface area contributed by atoms with Crippen LogP contribution in [0.1, 0.15) is 18.4 Å². The fourth-order valence-corrected chi connectivity index (χ4v) is 3.44. The number of nitrogens with one attached hydrogen (secondary N) is 1. The van der Waals surface area contributed by atoms with Crippen LogP contribution in [0.3, 0.4) is 0 Å². The summed E-state index contributed by atoms with van der Waals surface area (Å²) >= 11 is 0. The second-order valence-corrected chi connectivity index (χ2v) is 6.20. The largest absolute Gasteiger partial charge is 0.511 e. The van der Waals surface area contributed by atoms with E-state index >= 15 is 0 Å². The van der Waals surface area contributed by atoms with E-state index in [1.165, 1.54) is 18.9 Å². The molecule has 2 aromatic rings. The fraction of sp³-hybridized carbons (Fsp3) is 0.333. The summed E-state index contributed by atoms with van der Waals surface area (Å²) in [5.41, 5.74) is 2.80. The van der Waals surface area contributed by atoms with Crippen molar-refractivity contribution in [3.05, 3.63) is 40.2 Å². The summed E-state index contributed by atoms with van der Waals surface area (Å²) in [5, 5.41) is 8.74. The highest BCUT2D eigenvalue weighted by molar-refractivity contribution is 5.75. The Morgan fingerprint density at radius 3 is 2.80 bits per heavy atom. The van der Waals surface area contributed by atoms with E-state index in [1.54, 1.807) is 0 Å². The summed E-state index contributed by atoms with van der Waals surface area (Å²) in [6.07, 6.45) is 1.43. The number of pyridine rings is 1. The molecule has 0 radical (unpaired) electrons. The summed E-state index contributed by atoms with van der Waals surface area (Å²) in [5.74, 6) is 0.508. The zero-order chi connectivity index (χ0) is 17.4. The summed E-state index contributed by atoms with van der Waals surface area (Å²) in [7, 11) is 0. The van der Waals surface area contributed by atoms with Crippen molar-refractivity contribution in [2.24, 2.45) is 0 Å². The van der Waals surface area contributed by atoms with Crippen molar-refractivity contribution in [1.82, 2.24) is 4.98 Å². The van der Waals surface area contributed by atoms with Crippen molar-refractivity contribution in [3.63, 3.8) is 0 Å². The third kappa shape index (κ3) is 2.93. The lowest BCUT2D eigenvalue weighted by Gasteiger charge is -2.19. The fourth-order valence-electron chi connectivity index (χ4n) is 3.44. The number of ether oxygens (including phenoxy) is 2. The number of hydrogen-bond acceptors (Lipinski definition) is 5. The van der Waals surface area contributed by atoms with Crippen molar-refractivity contribution in [2.75, 3.05) is 24.6 Å². The number of aromatic amines is 1. The van der Waals surface area contributed by atoms with E-state index in [0.717, 1.165) is 35.7 Å². The molecule has 7 nitrogen and oxygen atoms in total. The van der Waals surface area contributed by atoms with Gasteiger partial charge in [-0.3, -0.25) is 4.79 Å². The molecule has 3 heterocycles. The number of nitrogens with zero attached hydrogens (tertiary/aromatic N) is 1. The molecule has 0 saturated carbocycles. The minimum Gasteiger partial charge on any atom is -0.492 e. The molecule has 0 amide bonds. The quantitative estimate of drug-likeness (QED) is 0.815. The number of carboxylic acid groups (broad SMARTS) is 1. The van der Waals surface area contributed by atoms with Gasteiger partial charge >= 0.3 is 6.16 Å². The molecule has 2 N–H and O–H groups in total. The summed E-state index contributed by atoms with van der Waals surface area (Å²) in [4.78, 5) is 27.9. The van der Waals surface area contributed by atoms with E-state index in [1.807, 2.05) is 18.2 Å². The molecule has 0 unspecified atom stereocenters. The highest BCUT2D eigenvalue weighted by Crippen LogP contribution is 2.37. The predicted molar refractivity (Wildman–Crippen MR) is 91.8 cm³/mol. The van der Waals surface area contributed by atoms with Crippen molar-refractivity contribution in [2.45, 2.75) is 19.3 Å². The van der Waals surface area contributed by atoms with E-state index in [9.17, 15) is 9.59 Å². The molecular weight excluding hydrogens is 324 g/mol. The highest BCUT2D eigenvalue weighted by atomic mass is 16.7. The number of aromatic nitrogens is 1. The van der Waals surface area contributed by atoms with Crippen LogP contribution in [0.5, 0.6) is 11.5 Å². The van der Waals surface area contributed by atoms with E-state index in [-0.39, 0.29) is 5.75 Å². The topological polar surface area (TPSA) is 91.9 Å². The number of hydrogen-bond donors (Lipinski definition) is 2. The predicted octanol–water partition coefficient (Wildman–Crippen LogP) is 2.63. The van der Waals surface area contributed by atoms with Gasteiger partial charge in [0.25, 0.3) is 5.56 Å². The maximum absolute atomic E-state index is 12.1. The molecule has 25 heavy (non-hydrogen) atoms. The molecule has 130 valence electrons. The molecule has 1 saturated heterocycles. The average molecular weight is 342 g/mol. The van der Waals surface area contributed by atoms with Crippen molar-refractivity contribution >= 4 is 11.8 Å². The monoisotopic (exact) mass is 342 g/mol. The molecule has 7 heteroatoms. The van der Waals surface area contributed by atoms with Crippen LogP contribution in [0.15, 0.2) is 29.1 Å². The van der Waals surface area contributed by atoms with Crippen LogP contribution in [0.25, 0.3) is 11.3 Å². The van der Waals surface area contributed by atoms with Crippen molar-refractivity contribution in [1.29, 1.82) is 0 Å².